The SMILES string of the molecule is Cc1ccc(CN(CCc2c[nH]c3ccccc23)Cc2nc(C(=O)N3CCOCC3)co2)c(C)c1. The molecule has 0 saturated carbocycles. The van der Waals surface area contributed by atoms with Gasteiger partial charge in [0, 0.05) is 43.3 Å². The van der Waals surface area contributed by atoms with Crippen LogP contribution in [0.2, 0.25) is 0 Å². The van der Waals surface area contributed by atoms with Crippen LogP contribution in [-0.4, -0.2) is 58.5 Å². The molecule has 1 fully saturated rings. The Kier molecular flexibility index (Phi) is 6.97. The Hall–Kier alpha value is -3.42. The van der Waals surface area contributed by atoms with Gasteiger partial charge >= 0.3 is 0 Å². The van der Waals surface area contributed by atoms with Crippen LogP contribution >= 0.6 is 0 Å². The second-order valence-corrected chi connectivity index (χ2v) is 9.28. The number of H-pyrrole nitrogens is 1. The quantitative estimate of drug-likeness (QED) is 0.409. The molecule has 1 aliphatic heterocycles. The molecular formula is C28H32N4O3. The number of fused-ring (bicyclic) bond motifs is 1. The topological polar surface area (TPSA) is 74.6 Å². The largest absolute Gasteiger partial charge is 0.447 e. The van der Waals surface area contributed by atoms with Crippen molar-refractivity contribution in [1.82, 2.24) is 19.8 Å². The van der Waals surface area contributed by atoms with E-state index < -0.39 is 0 Å². The van der Waals surface area contributed by atoms with E-state index in [1.807, 2.05) is 6.07 Å². The van der Waals surface area contributed by atoms with Gasteiger partial charge < -0.3 is 19.0 Å². The first-order valence-electron chi connectivity index (χ1n) is 12.2. The average Bonchev–Trinajstić information content (AvgIpc) is 3.51. The van der Waals surface area contributed by atoms with Crippen molar-refractivity contribution in [3.63, 3.8) is 0 Å². The normalized spacial score (nSPS) is 14.2. The Morgan fingerprint density at radius 1 is 1.09 bits per heavy atom. The number of rotatable bonds is 8. The molecule has 7 heteroatoms. The molecule has 1 amide bonds. The van der Waals surface area contributed by atoms with Crippen LogP contribution in [0.15, 0.2) is 59.3 Å². The van der Waals surface area contributed by atoms with E-state index in [2.05, 4.69) is 71.3 Å². The zero-order chi connectivity index (χ0) is 24.2. The monoisotopic (exact) mass is 472 g/mol. The third kappa shape index (κ3) is 5.47. The standard InChI is InChI=1S/C28H32N4O3/c1-20-7-8-23(21(2)15-20)17-31(10-9-22-16-29-25-6-4-3-5-24(22)25)18-27-30-26(19-35-27)28(33)32-11-13-34-14-12-32/h3-8,15-16,19,29H,9-14,17-18H2,1-2H3. The third-order valence-corrected chi connectivity index (χ3v) is 6.69. The fourth-order valence-electron chi connectivity index (χ4n) is 4.70. The summed E-state index contributed by atoms with van der Waals surface area (Å²) in [5, 5.41) is 1.26. The predicted octanol–water partition coefficient (Wildman–Crippen LogP) is 4.49. The summed E-state index contributed by atoms with van der Waals surface area (Å²) >= 11 is 0. The Bertz CT molecular complexity index is 1300. The molecule has 7 nitrogen and oxygen atoms in total. The lowest BCUT2D eigenvalue weighted by atomic mass is 10.0. The van der Waals surface area contributed by atoms with Crippen molar-refractivity contribution in [2.75, 3.05) is 32.8 Å². The minimum Gasteiger partial charge on any atom is -0.447 e. The highest BCUT2D eigenvalue weighted by atomic mass is 16.5. The summed E-state index contributed by atoms with van der Waals surface area (Å²) in [5.41, 5.74) is 6.63. The molecule has 182 valence electrons. The molecule has 0 spiro atoms. The maximum Gasteiger partial charge on any atom is 0.275 e. The summed E-state index contributed by atoms with van der Waals surface area (Å²) in [6.45, 7) is 8.73. The number of amides is 1. The second kappa shape index (κ2) is 10.5. The van der Waals surface area contributed by atoms with Gasteiger partial charge in [-0.15, -0.1) is 0 Å². The molecule has 1 N–H and O–H groups in total. The van der Waals surface area contributed by atoms with Gasteiger partial charge in [0.1, 0.15) is 6.26 Å². The summed E-state index contributed by atoms with van der Waals surface area (Å²) in [4.78, 5) is 24.8. The molecule has 4 aromatic rings. The molecule has 0 aliphatic carbocycles. The molecule has 1 aliphatic rings. The van der Waals surface area contributed by atoms with Gasteiger partial charge in [-0.25, -0.2) is 4.98 Å². The summed E-state index contributed by atoms with van der Waals surface area (Å²) in [5.74, 6) is 0.466. The Morgan fingerprint density at radius 2 is 1.91 bits per heavy atom. The number of aromatic amines is 1. The number of para-hydroxylation sites is 1. The summed E-state index contributed by atoms with van der Waals surface area (Å²) in [7, 11) is 0. The van der Waals surface area contributed by atoms with E-state index in [0.29, 0.717) is 44.4 Å². The van der Waals surface area contributed by atoms with Gasteiger partial charge in [-0.1, -0.05) is 42.0 Å². The lowest BCUT2D eigenvalue weighted by Gasteiger charge is -2.25. The molecule has 1 saturated heterocycles. The van der Waals surface area contributed by atoms with Crippen LogP contribution in [0.3, 0.4) is 0 Å². The summed E-state index contributed by atoms with van der Waals surface area (Å²) in [6.07, 6.45) is 4.49. The van der Waals surface area contributed by atoms with E-state index in [9.17, 15) is 4.79 Å². The van der Waals surface area contributed by atoms with Crippen molar-refractivity contribution >= 4 is 16.8 Å². The number of carbonyl (C=O) groups is 1. The van der Waals surface area contributed by atoms with Gasteiger partial charge in [0.15, 0.2) is 5.69 Å². The predicted molar refractivity (Wildman–Crippen MR) is 135 cm³/mol. The lowest BCUT2D eigenvalue weighted by Crippen LogP contribution is -2.40. The highest BCUT2D eigenvalue weighted by Gasteiger charge is 2.22. The first-order chi connectivity index (χ1) is 17.1. The lowest BCUT2D eigenvalue weighted by molar-refractivity contribution is 0.0299. The molecule has 2 aromatic heterocycles. The van der Waals surface area contributed by atoms with Crippen molar-refractivity contribution in [3.05, 3.63) is 88.8 Å². The van der Waals surface area contributed by atoms with Crippen molar-refractivity contribution in [3.8, 4) is 0 Å². The fraction of sp³-hybridized carbons (Fsp3) is 0.357. The summed E-state index contributed by atoms with van der Waals surface area (Å²) < 4.78 is 11.1. The van der Waals surface area contributed by atoms with Crippen LogP contribution in [-0.2, 0) is 24.2 Å². The zero-order valence-electron chi connectivity index (χ0n) is 20.4. The van der Waals surface area contributed by atoms with Crippen LogP contribution in [0.1, 0.15) is 38.6 Å². The molecule has 3 heterocycles. The molecule has 0 atom stereocenters. The Morgan fingerprint density at radius 3 is 2.74 bits per heavy atom. The number of aromatic nitrogens is 2. The van der Waals surface area contributed by atoms with E-state index in [0.717, 1.165) is 25.0 Å². The number of carbonyl (C=O) groups excluding carboxylic acids is 1. The molecule has 5 rings (SSSR count). The third-order valence-electron chi connectivity index (χ3n) is 6.69. The minimum absolute atomic E-state index is 0.0944. The van der Waals surface area contributed by atoms with Gasteiger partial charge in [0.25, 0.3) is 5.91 Å². The highest BCUT2D eigenvalue weighted by molar-refractivity contribution is 5.92. The fourth-order valence-corrected chi connectivity index (χ4v) is 4.70. The van der Waals surface area contributed by atoms with Gasteiger partial charge in [0.05, 0.1) is 19.8 Å². The number of benzene rings is 2. The summed E-state index contributed by atoms with van der Waals surface area (Å²) in [6, 6.07) is 15.0. The second-order valence-electron chi connectivity index (χ2n) is 9.28. The zero-order valence-corrected chi connectivity index (χ0v) is 20.4. The molecule has 0 radical (unpaired) electrons. The van der Waals surface area contributed by atoms with Crippen LogP contribution < -0.4 is 0 Å². The van der Waals surface area contributed by atoms with Gasteiger partial charge in [-0.2, -0.15) is 0 Å². The Balaban J connectivity index is 1.32. The molecule has 0 bridgehead atoms. The molecule has 0 unspecified atom stereocenters. The number of oxazole rings is 1. The van der Waals surface area contributed by atoms with E-state index in [4.69, 9.17) is 9.15 Å². The van der Waals surface area contributed by atoms with E-state index >= 15 is 0 Å². The first kappa shape index (κ1) is 23.3. The van der Waals surface area contributed by atoms with Crippen LogP contribution in [0.5, 0.6) is 0 Å². The van der Waals surface area contributed by atoms with Crippen molar-refractivity contribution in [2.45, 2.75) is 33.4 Å². The van der Waals surface area contributed by atoms with Crippen molar-refractivity contribution < 1.29 is 13.9 Å². The maximum atomic E-state index is 12.8. The van der Waals surface area contributed by atoms with Crippen LogP contribution in [0.25, 0.3) is 10.9 Å². The molecular weight excluding hydrogens is 440 g/mol. The van der Waals surface area contributed by atoms with Crippen molar-refractivity contribution in [1.29, 1.82) is 0 Å². The Labute approximate surface area is 205 Å². The van der Waals surface area contributed by atoms with Gasteiger partial charge in [-0.05, 0) is 43.0 Å². The number of aryl methyl sites for hydroxylation is 2. The van der Waals surface area contributed by atoms with Gasteiger partial charge in [0.2, 0.25) is 5.89 Å². The maximum absolute atomic E-state index is 12.8. The number of ether oxygens (including phenoxy) is 1. The smallest absolute Gasteiger partial charge is 0.275 e. The number of hydrogen-bond acceptors (Lipinski definition) is 5. The number of nitrogens with one attached hydrogen (secondary N) is 1. The minimum atomic E-state index is -0.0944. The van der Waals surface area contributed by atoms with Gasteiger partial charge in [-0.3, -0.25) is 9.69 Å². The van der Waals surface area contributed by atoms with E-state index in [1.54, 1.807) is 4.90 Å². The average molecular weight is 473 g/mol. The molecule has 35 heavy (non-hydrogen) atoms. The van der Waals surface area contributed by atoms with E-state index in [-0.39, 0.29) is 5.91 Å². The van der Waals surface area contributed by atoms with E-state index in [1.165, 1.54) is 33.9 Å². The number of hydrogen-bond donors (Lipinski definition) is 1. The number of nitrogens with zero attached hydrogens (tertiary/aromatic N) is 3. The highest BCUT2D eigenvalue weighted by Crippen LogP contribution is 2.21. The van der Waals surface area contributed by atoms with Crippen LogP contribution in [0.4, 0.5) is 0 Å². The van der Waals surface area contributed by atoms with Crippen molar-refractivity contribution in [2.24, 2.45) is 0 Å². The van der Waals surface area contributed by atoms with Crippen LogP contribution in [0, 0.1) is 13.8 Å². The molecule has 2 aromatic carbocycles. The first-order valence-corrected chi connectivity index (χ1v) is 12.2. The number of morpholine rings is 1.